The topological polar surface area (TPSA) is 221 Å². The van der Waals surface area contributed by atoms with Gasteiger partial charge in [0, 0.05) is 26.1 Å². The number of hydrogen-bond donors (Lipinski definition) is 5. The summed E-state index contributed by atoms with van der Waals surface area (Å²) < 4.78 is 75.3. The number of hydrogen-bond acceptors (Lipinski definition) is 10. The standard InChI is InChI=1S/C51H62F5N7O9/c1-5-28(4)43(50(70)63-23-11-16-37(63)51(71)72-44-41(55)39(53)38(52)40(54)42(44)56)60-45(65)33(26-29-12-7-6-8-13-29)58-46(66)36-15-10-22-62(36)49(69)34(24-27(2)3)59-47(67)35-14-9-21-61(35)48(68)32(57)25-30-17-19-31(64)20-18-30/h6-8,12-13,17-20,27-28,32-37,43,64H,5,9-11,14-16,21-26,57H2,1-4H3,(H,58,66)(H,59,67)(H,60,65)/t28-,32-,33-,34-,35-,36-,37-,43-/m0/s1. The maximum absolute atomic E-state index is 14.5. The van der Waals surface area contributed by atoms with Gasteiger partial charge in [0.15, 0.2) is 0 Å². The summed E-state index contributed by atoms with van der Waals surface area (Å²) in [5, 5.41) is 18.0. The smallest absolute Gasteiger partial charge is 0.334 e. The van der Waals surface area contributed by atoms with Crippen molar-refractivity contribution in [3.05, 3.63) is 94.8 Å². The minimum Gasteiger partial charge on any atom is -0.508 e. The Bertz CT molecular complexity index is 2460. The Labute approximate surface area is 414 Å². The third-order valence-electron chi connectivity index (χ3n) is 13.6. The fraction of sp³-hybridized carbons (Fsp3) is 0.510. The molecule has 0 unspecified atom stereocenters. The molecular formula is C51H62F5N7O9. The normalized spacial score (nSPS) is 19.9. The van der Waals surface area contributed by atoms with Crippen LogP contribution in [0.15, 0.2) is 54.6 Å². The molecule has 16 nitrogen and oxygen atoms in total. The first-order valence-electron chi connectivity index (χ1n) is 24.3. The third kappa shape index (κ3) is 12.7. The van der Waals surface area contributed by atoms with Crippen molar-refractivity contribution in [2.24, 2.45) is 17.6 Å². The van der Waals surface area contributed by atoms with Gasteiger partial charge in [-0.05, 0) is 86.5 Å². The zero-order valence-corrected chi connectivity index (χ0v) is 40.6. The lowest BCUT2D eigenvalue weighted by atomic mass is 9.96. The number of nitrogens with two attached hydrogens (primary N) is 1. The number of halogens is 5. The van der Waals surface area contributed by atoms with E-state index >= 15 is 0 Å². The lowest BCUT2D eigenvalue weighted by Crippen LogP contribution is -2.60. The van der Waals surface area contributed by atoms with E-state index in [-0.39, 0.29) is 69.8 Å². The number of phenolic OH excluding ortho intramolecular Hbond substituents is 1. The highest BCUT2D eigenvalue weighted by Gasteiger charge is 2.44. The second-order valence-corrected chi connectivity index (χ2v) is 19.2. The van der Waals surface area contributed by atoms with Gasteiger partial charge in [-0.1, -0.05) is 76.6 Å². The van der Waals surface area contributed by atoms with Gasteiger partial charge in [0.25, 0.3) is 0 Å². The van der Waals surface area contributed by atoms with Crippen molar-refractivity contribution in [3.63, 3.8) is 0 Å². The molecule has 0 aliphatic carbocycles. The molecule has 3 saturated heterocycles. The van der Waals surface area contributed by atoms with Crippen molar-refractivity contribution in [1.29, 1.82) is 0 Å². The van der Waals surface area contributed by atoms with Gasteiger partial charge in [-0.25, -0.2) is 18.0 Å². The SMILES string of the molecule is CC[C@H](C)[C@H](NC(=O)[C@H](Cc1ccccc1)NC(=O)[C@@H]1CCCN1C(=O)[C@H](CC(C)C)NC(=O)[C@@H]1CCCN1C(=O)[C@@H](N)Cc1ccc(O)cc1)C(=O)N1CCC[C@H]1C(=O)Oc1c(F)c(F)c(F)c(F)c1F. The highest BCUT2D eigenvalue weighted by molar-refractivity contribution is 5.98. The van der Waals surface area contributed by atoms with Gasteiger partial charge < -0.3 is 46.2 Å². The van der Waals surface area contributed by atoms with Crippen molar-refractivity contribution < 1.29 is 65.4 Å². The van der Waals surface area contributed by atoms with Gasteiger partial charge in [-0.15, -0.1) is 0 Å². The van der Waals surface area contributed by atoms with Gasteiger partial charge in [0.2, 0.25) is 70.3 Å². The highest BCUT2D eigenvalue weighted by Crippen LogP contribution is 2.31. The second-order valence-electron chi connectivity index (χ2n) is 19.2. The zero-order valence-electron chi connectivity index (χ0n) is 40.6. The van der Waals surface area contributed by atoms with Crippen LogP contribution < -0.4 is 26.4 Å². The molecule has 3 heterocycles. The minimum atomic E-state index is -2.45. The molecule has 6 amide bonds. The molecule has 3 aromatic carbocycles. The average Bonchev–Trinajstić information content (AvgIpc) is 4.18. The molecule has 390 valence electrons. The van der Waals surface area contributed by atoms with Crippen LogP contribution in [-0.2, 0) is 46.4 Å². The van der Waals surface area contributed by atoms with Crippen LogP contribution in [0.4, 0.5) is 22.0 Å². The first-order valence-corrected chi connectivity index (χ1v) is 24.3. The summed E-state index contributed by atoms with van der Waals surface area (Å²) in [6.07, 6.45) is 2.21. The van der Waals surface area contributed by atoms with Crippen LogP contribution in [0.2, 0.25) is 0 Å². The van der Waals surface area contributed by atoms with E-state index in [9.17, 15) is 60.6 Å². The molecule has 3 fully saturated rings. The molecule has 0 radical (unpaired) electrons. The molecule has 8 atom stereocenters. The average molecular weight is 1010 g/mol. The van der Waals surface area contributed by atoms with Gasteiger partial charge in [0.05, 0.1) is 6.04 Å². The summed E-state index contributed by atoms with van der Waals surface area (Å²) in [7, 11) is 0. The largest absolute Gasteiger partial charge is 0.508 e. The Morgan fingerprint density at radius 3 is 1.67 bits per heavy atom. The summed E-state index contributed by atoms with van der Waals surface area (Å²) in [5.74, 6) is -19.5. The van der Waals surface area contributed by atoms with Crippen LogP contribution in [0.5, 0.6) is 11.5 Å². The number of nitrogens with zero attached hydrogens (tertiary/aromatic N) is 3. The molecule has 3 aromatic rings. The second kappa shape index (κ2) is 24.2. The lowest BCUT2D eigenvalue weighted by molar-refractivity contribution is -0.148. The zero-order chi connectivity index (χ0) is 52.6. The highest BCUT2D eigenvalue weighted by atomic mass is 19.2. The maximum atomic E-state index is 14.5. The van der Waals surface area contributed by atoms with Crippen LogP contribution >= 0.6 is 0 Å². The molecule has 0 bridgehead atoms. The first-order chi connectivity index (χ1) is 34.2. The number of carbonyl (C=O) groups excluding carboxylic acids is 7. The van der Waals surface area contributed by atoms with E-state index in [1.165, 1.54) is 21.9 Å². The van der Waals surface area contributed by atoms with Crippen molar-refractivity contribution >= 4 is 41.4 Å². The van der Waals surface area contributed by atoms with Crippen LogP contribution in [0.1, 0.15) is 90.2 Å². The molecule has 6 N–H and O–H groups in total. The molecule has 72 heavy (non-hydrogen) atoms. The molecular weight excluding hydrogens is 950 g/mol. The van der Waals surface area contributed by atoms with E-state index in [4.69, 9.17) is 10.5 Å². The van der Waals surface area contributed by atoms with Crippen LogP contribution in [0.3, 0.4) is 0 Å². The van der Waals surface area contributed by atoms with Crippen molar-refractivity contribution in [1.82, 2.24) is 30.7 Å². The van der Waals surface area contributed by atoms with Crippen LogP contribution in [-0.4, -0.2) is 123 Å². The summed E-state index contributed by atoms with van der Waals surface area (Å²) in [6, 6.07) is 6.72. The van der Waals surface area contributed by atoms with Crippen LogP contribution in [0.25, 0.3) is 0 Å². The van der Waals surface area contributed by atoms with Crippen molar-refractivity contribution in [2.75, 3.05) is 19.6 Å². The number of esters is 1. The number of likely N-dealkylation sites (tertiary alicyclic amines) is 3. The third-order valence-corrected chi connectivity index (χ3v) is 13.6. The Morgan fingerprint density at radius 2 is 1.12 bits per heavy atom. The predicted molar refractivity (Wildman–Crippen MR) is 251 cm³/mol. The van der Waals surface area contributed by atoms with E-state index in [0.29, 0.717) is 31.2 Å². The lowest BCUT2D eigenvalue weighted by Gasteiger charge is -2.33. The molecule has 3 aliphatic rings. The van der Waals surface area contributed by atoms with E-state index in [2.05, 4.69) is 16.0 Å². The van der Waals surface area contributed by atoms with E-state index < -0.39 is 124 Å². The number of amides is 6. The Kier molecular flexibility index (Phi) is 18.4. The number of nitrogens with one attached hydrogen (secondary N) is 3. The molecule has 6 rings (SSSR count). The fourth-order valence-corrected chi connectivity index (χ4v) is 9.51. The number of aromatic hydroxyl groups is 1. The quantitative estimate of drug-likeness (QED) is 0.0376. The number of carbonyl (C=O) groups is 7. The Morgan fingerprint density at radius 1 is 0.639 bits per heavy atom. The van der Waals surface area contributed by atoms with Gasteiger partial charge >= 0.3 is 5.97 Å². The molecule has 0 spiro atoms. The monoisotopic (exact) mass is 1010 g/mol. The van der Waals surface area contributed by atoms with Crippen molar-refractivity contribution in [3.8, 4) is 11.5 Å². The van der Waals surface area contributed by atoms with Gasteiger partial charge in [0.1, 0.15) is 42.0 Å². The maximum Gasteiger partial charge on any atom is 0.334 e. The molecule has 3 aliphatic heterocycles. The fourth-order valence-electron chi connectivity index (χ4n) is 9.51. The van der Waals surface area contributed by atoms with Crippen LogP contribution in [0, 0.1) is 40.9 Å². The van der Waals surface area contributed by atoms with E-state index in [0.717, 1.165) is 10.5 Å². The molecule has 21 heteroatoms. The van der Waals surface area contributed by atoms with Gasteiger partial charge in [-0.3, -0.25) is 28.8 Å². The summed E-state index contributed by atoms with van der Waals surface area (Å²) in [4.78, 5) is 102. The summed E-state index contributed by atoms with van der Waals surface area (Å²) in [5.41, 5.74) is 7.66. The molecule has 0 aromatic heterocycles. The minimum absolute atomic E-state index is 0.0637. The first kappa shape index (κ1) is 54.7. The number of ether oxygens (including phenoxy) is 1. The summed E-state index contributed by atoms with van der Waals surface area (Å²) >= 11 is 0. The van der Waals surface area contributed by atoms with E-state index in [1.807, 2.05) is 13.8 Å². The number of benzene rings is 3. The number of rotatable bonds is 19. The Hall–Kier alpha value is -6.64. The number of phenols is 1. The Balaban J connectivity index is 1.16. The molecule has 0 saturated carbocycles. The predicted octanol–water partition coefficient (Wildman–Crippen LogP) is 4.33. The van der Waals surface area contributed by atoms with Gasteiger partial charge in [-0.2, -0.15) is 8.78 Å². The van der Waals surface area contributed by atoms with Crippen molar-refractivity contribution in [2.45, 2.75) is 134 Å². The summed E-state index contributed by atoms with van der Waals surface area (Å²) in [6.45, 7) is 7.48. The van der Waals surface area contributed by atoms with E-state index in [1.54, 1.807) is 56.3 Å².